The summed E-state index contributed by atoms with van der Waals surface area (Å²) in [5.74, 6) is 0.609. The van der Waals surface area contributed by atoms with Gasteiger partial charge in [-0.2, -0.15) is 0 Å². The van der Waals surface area contributed by atoms with Gasteiger partial charge in [0.1, 0.15) is 0 Å². The second-order valence-electron chi connectivity index (χ2n) is 6.56. The molecule has 0 radical (unpaired) electrons. The molecule has 0 spiro atoms. The number of carbonyl (C=O) groups excluding carboxylic acids is 2. The number of fused-ring (bicyclic) bond motifs is 1. The van der Waals surface area contributed by atoms with E-state index in [0.717, 1.165) is 12.1 Å². The van der Waals surface area contributed by atoms with Gasteiger partial charge in [0.2, 0.25) is 11.8 Å². The molecule has 1 saturated heterocycles. The molecular formula is C18H26ClN3O2. The fourth-order valence-electron chi connectivity index (χ4n) is 3.69. The van der Waals surface area contributed by atoms with Gasteiger partial charge in [0.25, 0.3) is 0 Å². The molecule has 132 valence electrons. The van der Waals surface area contributed by atoms with Crippen LogP contribution in [-0.2, 0) is 9.59 Å². The van der Waals surface area contributed by atoms with Crippen LogP contribution in [0.15, 0.2) is 30.3 Å². The summed E-state index contributed by atoms with van der Waals surface area (Å²) >= 11 is 0. The van der Waals surface area contributed by atoms with Crippen LogP contribution in [0.2, 0.25) is 0 Å². The number of para-hydroxylation sites is 1. The lowest BCUT2D eigenvalue weighted by Gasteiger charge is -2.24. The third kappa shape index (κ3) is 4.95. The molecule has 2 fully saturated rings. The van der Waals surface area contributed by atoms with E-state index in [9.17, 15) is 9.59 Å². The molecule has 0 bridgehead atoms. The van der Waals surface area contributed by atoms with Gasteiger partial charge >= 0.3 is 0 Å². The number of rotatable bonds is 5. The van der Waals surface area contributed by atoms with Gasteiger partial charge in [-0.25, -0.2) is 0 Å². The van der Waals surface area contributed by atoms with Gasteiger partial charge in [-0.05, 0) is 37.3 Å². The van der Waals surface area contributed by atoms with E-state index in [1.54, 1.807) is 0 Å². The van der Waals surface area contributed by atoms with Crippen molar-refractivity contribution in [1.82, 2.24) is 10.6 Å². The summed E-state index contributed by atoms with van der Waals surface area (Å²) in [5, 5.41) is 9.17. The van der Waals surface area contributed by atoms with Crippen molar-refractivity contribution in [2.24, 2.45) is 5.92 Å². The van der Waals surface area contributed by atoms with Gasteiger partial charge < -0.3 is 16.0 Å². The molecule has 2 amide bonds. The highest BCUT2D eigenvalue weighted by Gasteiger charge is 2.37. The molecule has 3 rings (SSSR count). The Balaban J connectivity index is 0.00000208. The third-order valence-electron chi connectivity index (χ3n) is 4.89. The number of hydrogen-bond acceptors (Lipinski definition) is 3. The Hall–Kier alpha value is -1.59. The van der Waals surface area contributed by atoms with E-state index in [1.165, 1.54) is 25.7 Å². The Bertz CT molecular complexity index is 538. The molecule has 1 saturated carbocycles. The molecule has 1 aliphatic heterocycles. The molecule has 1 heterocycles. The Morgan fingerprint density at radius 2 is 1.88 bits per heavy atom. The molecule has 0 aromatic heterocycles. The maximum Gasteiger partial charge on any atom is 0.237 e. The van der Waals surface area contributed by atoms with Crippen molar-refractivity contribution in [3.05, 3.63) is 30.3 Å². The third-order valence-corrected chi connectivity index (χ3v) is 4.89. The van der Waals surface area contributed by atoms with E-state index in [4.69, 9.17) is 0 Å². The zero-order chi connectivity index (χ0) is 16.1. The van der Waals surface area contributed by atoms with Gasteiger partial charge in [-0.3, -0.25) is 9.59 Å². The van der Waals surface area contributed by atoms with Crippen LogP contribution in [0.5, 0.6) is 0 Å². The zero-order valence-electron chi connectivity index (χ0n) is 13.8. The molecule has 3 unspecified atom stereocenters. The molecule has 1 aliphatic carbocycles. The summed E-state index contributed by atoms with van der Waals surface area (Å²) in [5.41, 5.74) is 0.783. The van der Waals surface area contributed by atoms with Gasteiger partial charge in [-0.1, -0.05) is 31.0 Å². The molecule has 3 atom stereocenters. The highest BCUT2D eigenvalue weighted by Crippen LogP contribution is 2.33. The lowest BCUT2D eigenvalue weighted by atomic mass is 9.85. The van der Waals surface area contributed by atoms with Crippen LogP contribution in [-0.4, -0.2) is 30.4 Å². The Morgan fingerprint density at radius 1 is 1.12 bits per heavy atom. The quantitative estimate of drug-likeness (QED) is 0.763. The van der Waals surface area contributed by atoms with Crippen LogP contribution in [0.1, 0.15) is 38.5 Å². The fourth-order valence-corrected chi connectivity index (χ4v) is 3.69. The van der Waals surface area contributed by atoms with Crippen LogP contribution in [0.3, 0.4) is 0 Å². The normalized spacial score (nSPS) is 25.2. The average molecular weight is 352 g/mol. The van der Waals surface area contributed by atoms with E-state index >= 15 is 0 Å². The number of carbonyl (C=O) groups is 2. The summed E-state index contributed by atoms with van der Waals surface area (Å²) in [6.07, 6.45) is 6.21. The number of nitrogens with one attached hydrogen (secondary N) is 3. The number of hydrogen-bond donors (Lipinski definition) is 3. The van der Waals surface area contributed by atoms with Crippen LogP contribution < -0.4 is 16.0 Å². The maximum atomic E-state index is 12.2. The predicted molar refractivity (Wildman–Crippen MR) is 97.2 cm³/mol. The molecule has 6 heteroatoms. The monoisotopic (exact) mass is 351 g/mol. The Kier molecular flexibility index (Phi) is 7.06. The topological polar surface area (TPSA) is 70.2 Å². The number of halogens is 1. The Labute approximate surface area is 149 Å². The number of anilines is 1. The summed E-state index contributed by atoms with van der Waals surface area (Å²) in [6, 6.07) is 9.79. The fraction of sp³-hybridized carbons (Fsp3) is 0.556. The summed E-state index contributed by atoms with van der Waals surface area (Å²) in [7, 11) is 0. The van der Waals surface area contributed by atoms with Crippen molar-refractivity contribution in [1.29, 1.82) is 0 Å². The molecule has 2 aliphatic rings. The van der Waals surface area contributed by atoms with Crippen LogP contribution in [0.25, 0.3) is 0 Å². The zero-order valence-corrected chi connectivity index (χ0v) is 14.6. The lowest BCUT2D eigenvalue weighted by molar-refractivity contribution is -0.123. The minimum absolute atomic E-state index is 0. The van der Waals surface area contributed by atoms with Crippen LogP contribution in [0, 0.1) is 5.92 Å². The van der Waals surface area contributed by atoms with E-state index in [0.29, 0.717) is 24.9 Å². The summed E-state index contributed by atoms with van der Waals surface area (Å²) in [6.45, 7) is 0.380. The smallest absolute Gasteiger partial charge is 0.237 e. The number of benzene rings is 1. The SMILES string of the molecule is Cl.O=C(CCNC(=O)C1CC2CCCCC2N1)Nc1ccccc1. The van der Waals surface area contributed by atoms with E-state index in [-0.39, 0.29) is 30.3 Å². The van der Waals surface area contributed by atoms with Crippen molar-refractivity contribution < 1.29 is 9.59 Å². The highest BCUT2D eigenvalue weighted by atomic mass is 35.5. The molecule has 5 nitrogen and oxygen atoms in total. The van der Waals surface area contributed by atoms with Gasteiger partial charge in [-0.15, -0.1) is 12.4 Å². The molecule has 24 heavy (non-hydrogen) atoms. The second-order valence-corrected chi connectivity index (χ2v) is 6.56. The minimum Gasteiger partial charge on any atom is -0.354 e. The molecule has 1 aromatic carbocycles. The van der Waals surface area contributed by atoms with Gasteiger partial charge in [0.05, 0.1) is 6.04 Å². The number of amides is 2. The first-order valence-corrected chi connectivity index (χ1v) is 8.61. The first kappa shape index (κ1) is 18.7. The summed E-state index contributed by atoms with van der Waals surface area (Å²) < 4.78 is 0. The molecule has 1 aromatic rings. The van der Waals surface area contributed by atoms with Crippen molar-refractivity contribution in [3.63, 3.8) is 0 Å². The van der Waals surface area contributed by atoms with E-state index in [2.05, 4.69) is 16.0 Å². The first-order valence-electron chi connectivity index (χ1n) is 8.61. The second kappa shape index (κ2) is 9.04. The lowest BCUT2D eigenvalue weighted by Crippen LogP contribution is -2.43. The van der Waals surface area contributed by atoms with Crippen LogP contribution in [0.4, 0.5) is 5.69 Å². The first-order chi connectivity index (χ1) is 11.2. The Morgan fingerprint density at radius 3 is 2.62 bits per heavy atom. The highest BCUT2D eigenvalue weighted by molar-refractivity contribution is 5.91. The van der Waals surface area contributed by atoms with E-state index in [1.807, 2.05) is 30.3 Å². The van der Waals surface area contributed by atoms with Gasteiger partial charge in [0, 0.05) is 24.7 Å². The molecule has 3 N–H and O–H groups in total. The standard InChI is InChI=1S/C18H25N3O2.ClH/c22-17(20-14-7-2-1-3-8-14)10-11-19-18(23)16-12-13-6-4-5-9-15(13)21-16;/h1-3,7-8,13,15-16,21H,4-6,9-12H2,(H,19,23)(H,20,22);1H. The summed E-state index contributed by atoms with van der Waals surface area (Å²) in [4.78, 5) is 24.1. The predicted octanol–water partition coefficient (Wildman–Crippen LogP) is 2.47. The molecular weight excluding hydrogens is 326 g/mol. The van der Waals surface area contributed by atoms with Crippen molar-refractivity contribution in [2.45, 2.75) is 50.6 Å². The maximum absolute atomic E-state index is 12.2. The van der Waals surface area contributed by atoms with Crippen molar-refractivity contribution in [3.8, 4) is 0 Å². The van der Waals surface area contributed by atoms with Gasteiger partial charge in [0.15, 0.2) is 0 Å². The van der Waals surface area contributed by atoms with Crippen molar-refractivity contribution in [2.75, 3.05) is 11.9 Å². The van der Waals surface area contributed by atoms with E-state index < -0.39 is 0 Å². The average Bonchev–Trinajstić information content (AvgIpc) is 3.00. The minimum atomic E-state index is -0.0831. The largest absolute Gasteiger partial charge is 0.354 e. The van der Waals surface area contributed by atoms with Crippen LogP contribution >= 0.6 is 12.4 Å². The van der Waals surface area contributed by atoms with Crippen molar-refractivity contribution >= 4 is 29.9 Å².